The van der Waals surface area contributed by atoms with Crippen LogP contribution in [0.5, 0.6) is 0 Å². The number of rotatable bonds is 5. The van der Waals surface area contributed by atoms with Gasteiger partial charge in [0.2, 0.25) is 0 Å². The number of H-pyrrole nitrogens is 2. The van der Waals surface area contributed by atoms with E-state index in [2.05, 4.69) is 99.7 Å². The van der Waals surface area contributed by atoms with Crippen molar-refractivity contribution in [2.24, 2.45) is 0 Å². The van der Waals surface area contributed by atoms with Gasteiger partial charge in [0.05, 0.1) is 22.1 Å². The maximum atomic E-state index is 4.86. The predicted molar refractivity (Wildman–Crippen MR) is 140 cm³/mol. The molecule has 1 aliphatic rings. The molecule has 0 bridgehead atoms. The first kappa shape index (κ1) is 20.7. The third-order valence-electron chi connectivity index (χ3n) is 6.63. The van der Waals surface area contributed by atoms with Gasteiger partial charge in [-0.25, -0.2) is 9.97 Å². The molecule has 3 N–H and O–H groups in total. The summed E-state index contributed by atoms with van der Waals surface area (Å²) in [5, 5.41) is 3.33. The fourth-order valence-corrected chi connectivity index (χ4v) is 4.64. The lowest BCUT2D eigenvalue weighted by molar-refractivity contribution is 0.313. The number of anilines is 2. The molecular weight excluding hydrogens is 422 g/mol. The van der Waals surface area contributed by atoms with Gasteiger partial charge in [0.1, 0.15) is 11.6 Å². The molecule has 6 rings (SSSR count). The van der Waals surface area contributed by atoms with Gasteiger partial charge in [-0.2, -0.15) is 0 Å². The summed E-state index contributed by atoms with van der Waals surface area (Å²) in [5.41, 5.74) is 8.48. The largest absolute Gasteiger partial charge is 0.385 e. The van der Waals surface area contributed by atoms with Gasteiger partial charge >= 0.3 is 0 Å². The van der Waals surface area contributed by atoms with E-state index in [0.29, 0.717) is 0 Å². The third-order valence-corrected chi connectivity index (χ3v) is 6.63. The summed E-state index contributed by atoms with van der Waals surface area (Å²) in [5.74, 6) is 1.75. The molecule has 172 valence electrons. The zero-order valence-electron chi connectivity index (χ0n) is 19.6. The van der Waals surface area contributed by atoms with Gasteiger partial charge in [0.25, 0.3) is 0 Å². The highest BCUT2D eigenvalue weighted by molar-refractivity contribution is 5.87. The summed E-state index contributed by atoms with van der Waals surface area (Å²) in [4.78, 5) is 21.5. The highest BCUT2D eigenvalue weighted by Gasteiger charge is 2.16. The first-order valence-electron chi connectivity index (χ1n) is 11.9. The van der Waals surface area contributed by atoms with Crippen molar-refractivity contribution in [3.8, 4) is 22.8 Å². The number of imidazole rings is 2. The van der Waals surface area contributed by atoms with E-state index < -0.39 is 0 Å². The van der Waals surface area contributed by atoms with Crippen LogP contribution >= 0.6 is 0 Å². The Bertz CT molecular complexity index is 1440. The average Bonchev–Trinajstić information content (AvgIpc) is 3.48. The minimum Gasteiger partial charge on any atom is -0.385 e. The van der Waals surface area contributed by atoms with Crippen molar-refractivity contribution in [2.45, 2.75) is 6.92 Å². The topological polar surface area (TPSA) is 75.9 Å². The number of nitrogens with zero attached hydrogens (tertiary/aromatic N) is 4. The van der Waals surface area contributed by atoms with E-state index in [1.165, 1.54) is 5.69 Å². The Hall–Kier alpha value is -3.84. The predicted octanol–water partition coefficient (Wildman–Crippen LogP) is 4.96. The number of benzene rings is 3. The average molecular weight is 452 g/mol. The van der Waals surface area contributed by atoms with Crippen molar-refractivity contribution in [3.05, 3.63) is 60.7 Å². The number of likely N-dealkylation sites (N-methyl/N-ethyl adjacent to an activating group) is 1. The molecule has 0 radical (unpaired) electrons. The molecule has 2 aromatic heterocycles. The number of aromatic amines is 2. The number of hydrogen-bond acceptors (Lipinski definition) is 5. The van der Waals surface area contributed by atoms with Crippen LogP contribution < -0.4 is 10.2 Å². The highest BCUT2D eigenvalue weighted by atomic mass is 15.2. The zero-order valence-corrected chi connectivity index (χ0v) is 19.6. The van der Waals surface area contributed by atoms with Crippen LogP contribution in [0.25, 0.3) is 44.8 Å². The Morgan fingerprint density at radius 3 is 2.09 bits per heavy atom. The van der Waals surface area contributed by atoms with Crippen LogP contribution in [0.2, 0.25) is 0 Å². The first-order chi connectivity index (χ1) is 16.7. The Balaban J connectivity index is 1.28. The van der Waals surface area contributed by atoms with E-state index in [1.807, 2.05) is 0 Å². The van der Waals surface area contributed by atoms with Crippen molar-refractivity contribution in [3.63, 3.8) is 0 Å². The van der Waals surface area contributed by atoms with Crippen molar-refractivity contribution >= 4 is 33.4 Å². The third kappa shape index (κ3) is 3.88. The lowest BCUT2D eigenvalue weighted by Crippen LogP contribution is -2.44. The molecular formula is C27H29N7. The van der Waals surface area contributed by atoms with Gasteiger partial charge in [-0.05, 0) is 74.6 Å². The number of aromatic nitrogens is 4. The molecule has 1 aliphatic heterocycles. The van der Waals surface area contributed by atoms with Gasteiger partial charge in [0.15, 0.2) is 0 Å². The van der Waals surface area contributed by atoms with Crippen LogP contribution in [0.3, 0.4) is 0 Å². The van der Waals surface area contributed by atoms with E-state index in [1.54, 1.807) is 0 Å². The van der Waals surface area contributed by atoms with E-state index >= 15 is 0 Å². The van der Waals surface area contributed by atoms with E-state index in [9.17, 15) is 0 Å². The lowest BCUT2D eigenvalue weighted by atomic mass is 10.2. The molecule has 0 unspecified atom stereocenters. The standard InChI is InChI=1S/C27H29N7/c1-3-28-20-7-4-18(5-8-20)26-29-22-10-6-19(16-24(22)31-26)27-30-23-11-9-21(17-25(23)32-27)34-14-12-33(2)13-15-34/h4-11,16-17,28H,3,12-15H2,1-2H3,(H,29,31)(H,30,32). The molecule has 0 amide bonds. The van der Waals surface area contributed by atoms with Crippen LogP contribution in [-0.2, 0) is 0 Å². The van der Waals surface area contributed by atoms with E-state index in [-0.39, 0.29) is 0 Å². The number of piperazine rings is 1. The second-order valence-electron chi connectivity index (χ2n) is 9.00. The molecule has 1 fully saturated rings. The molecule has 7 heteroatoms. The second kappa shape index (κ2) is 8.50. The monoisotopic (exact) mass is 451 g/mol. The van der Waals surface area contributed by atoms with Crippen LogP contribution in [0, 0.1) is 0 Å². The van der Waals surface area contributed by atoms with Gasteiger partial charge < -0.3 is 25.1 Å². The fourth-order valence-electron chi connectivity index (χ4n) is 4.64. The summed E-state index contributed by atoms with van der Waals surface area (Å²) < 4.78 is 0. The van der Waals surface area contributed by atoms with Gasteiger partial charge in [0, 0.05) is 55.2 Å². The Morgan fingerprint density at radius 1 is 0.765 bits per heavy atom. The Labute approximate surface area is 198 Å². The molecule has 3 heterocycles. The molecule has 0 saturated carbocycles. The van der Waals surface area contributed by atoms with Crippen molar-refractivity contribution < 1.29 is 0 Å². The second-order valence-corrected chi connectivity index (χ2v) is 9.00. The van der Waals surface area contributed by atoms with E-state index in [0.717, 1.165) is 83.3 Å². The number of fused-ring (bicyclic) bond motifs is 2. The number of hydrogen-bond donors (Lipinski definition) is 3. The van der Waals surface area contributed by atoms with Crippen molar-refractivity contribution in [2.75, 3.05) is 50.0 Å². The van der Waals surface area contributed by atoms with Crippen LogP contribution in [0.15, 0.2) is 60.7 Å². The molecule has 34 heavy (non-hydrogen) atoms. The number of nitrogens with one attached hydrogen (secondary N) is 3. The van der Waals surface area contributed by atoms with Crippen LogP contribution in [-0.4, -0.2) is 64.6 Å². The summed E-state index contributed by atoms with van der Waals surface area (Å²) in [6.45, 7) is 7.31. The molecule has 7 nitrogen and oxygen atoms in total. The normalized spacial score (nSPS) is 14.8. The summed E-state index contributed by atoms with van der Waals surface area (Å²) >= 11 is 0. The quantitative estimate of drug-likeness (QED) is 0.352. The van der Waals surface area contributed by atoms with Gasteiger partial charge in [-0.3, -0.25) is 0 Å². The van der Waals surface area contributed by atoms with Crippen LogP contribution in [0.1, 0.15) is 6.92 Å². The van der Waals surface area contributed by atoms with E-state index in [4.69, 9.17) is 9.97 Å². The fraction of sp³-hybridized carbons (Fsp3) is 0.259. The smallest absolute Gasteiger partial charge is 0.138 e. The minimum absolute atomic E-state index is 0.872. The maximum Gasteiger partial charge on any atom is 0.138 e. The summed E-state index contributed by atoms with van der Waals surface area (Å²) in [6.07, 6.45) is 0. The highest BCUT2D eigenvalue weighted by Crippen LogP contribution is 2.28. The summed E-state index contributed by atoms with van der Waals surface area (Å²) in [7, 11) is 2.18. The molecule has 3 aromatic carbocycles. The first-order valence-corrected chi connectivity index (χ1v) is 11.9. The Kier molecular flexibility index (Phi) is 5.19. The van der Waals surface area contributed by atoms with Crippen molar-refractivity contribution in [1.82, 2.24) is 24.8 Å². The van der Waals surface area contributed by atoms with Crippen molar-refractivity contribution in [1.29, 1.82) is 0 Å². The maximum absolute atomic E-state index is 4.86. The van der Waals surface area contributed by atoms with Crippen LogP contribution in [0.4, 0.5) is 11.4 Å². The molecule has 0 aliphatic carbocycles. The molecule has 1 saturated heterocycles. The Morgan fingerprint density at radius 2 is 1.38 bits per heavy atom. The SMILES string of the molecule is CCNc1ccc(-c2nc3ccc(-c4nc5ccc(N6CCN(C)CC6)cc5[nH]4)cc3[nH]2)cc1. The summed E-state index contributed by atoms with van der Waals surface area (Å²) in [6, 6.07) is 21.1. The van der Waals surface area contributed by atoms with Gasteiger partial charge in [-0.15, -0.1) is 0 Å². The molecule has 5 aromatic rings. The molecule has 0 spiro atoms. The van der Waals surface area contributed by atoms with Gasteiger partial charge in [-0.1, -0.05) is 0 Å². The zero-order chi connectivity index (χ0) is 23.1. The lowest BCUT2D eigenvalue weighted by Gasteiger charge is -2.34. The minimum atomic E-state index is 0.872. The molecule has 0 atom stereocenters.